The van der Waals surface area contributed by atoms with E-state index in [1.165, 1.54) is 18.2 Å². The Morgan fingerprint density at radius 2 is 2.00 bits per heavy atom. The van der Waals surface area contributed by atoms with Gasteiger partial charge >= 0.3 is 5.97 Å². The molecule has 0 bridgehead atoms. The minimum atomic E-state index is -4.12. The number of nitriles is 1. The lowest BCUT2D eigenvalue weighted by Crippen LogP contribution is -2.49. The van der Waals surface area contributed by atoms with Crippen LogP contribution < -0.4 is 4.72 Å². The van der Waals surface area contributed by atoms with Gasteiger partial charge in [-0.25, -0.2) is 8.42 Å². The molecule has 0 aliphatic heterocycles. The van der Waals surface area contributed by atoms with E-state index < -0.39 is 27.4 Å². The van der Waals surface area contributed by atoms with Gasteiger partial charge in [-0.05, 0) is 23.6 Å². The Bertz CT molecular complexity index is 702. The van der Waals surface area contributed by atoms with Crippen molar-refractivity contribution in [3.63, 3.8) is 0 Å². The molecule has 21 heavy (non-hydrogen) atoms. The molecule has 0 aliphatic rings. The molecule has 0 spiro atoms. The van der Waals surface area contributed by atoms with Crippen LogP contribution in [-0.4, -0.2) is 25.5 Å². The monoisotopic (exact) mass is 330 g/mol. The van der Waals surface area contributed by atoms with Gasteiger partial charge in [0.15, 0.2) is 0 Å². The van der Waals surface area contributed by atoms with E-state index >= 15 is 0 Å². The molecular weight excluding hydrogens is 316 g/mol. The summed E-state index contributed by atoms with van der Waals surface area (Å²) in [6.45, 7) is 4.82. The lowest BCUT2D eigenvalue weighted by atomic mass is 9.88. The summed E-state index contributed by atoms with van der Waals surface area (Å²) >= 11 is 5.85. The van der Waals surface area contributed by atoms with Gasteiger partial charge < -0.3 is 5.11 Å². The summed E-state index contributed by atoms with van der Waals surface area (Å²) in [4.78, 5) is 11.0. The third kappa shape index (κ3) is 4.17. The first kappa shape index (κ1) is 17.4. The van der Waals surface area contributed by atoms with Crippen LogP contribution >= 0.6 is 11.6 Å². The average molecular weight is 331 g/mol. The summed E-state index contributed by atoms with van der Waals surface area (Å²) in [5.41, 5.74) is -0.609. The van der Waals surface area contributed by atoms with Crippen LogP contribution in [0.25, 0.3) is 0 Å². The summed E-state index contributed by atoms with van der Waals surface area (Å²) in [6.07, 6.45) is 0. The minimum Gasteiger partial charge on any atom is -0.480 e. The Morgan fingerprint density at radius 1 is 1.43 bits per heavy atom. The molecule has 0 aliphatic carbocycles. The van der Waals surface area contributed by atoms with E-state index in [9.17, 15) is 13.2 Å². The van der Waals surface area contributed by atoms with Crippen molar-refractivity contribution < 1.29 is 18.3 Å². The van der Waals surface area contributed by atoms with E-state index in [1.807, 2.05) is 6.07 Å². The highest BCUT2D eigenvalue weighted by molar-refractivity contribution is 7.89. The third-order valence-electron chi connectivity index (χ3n) is 2.74. The van der Waals surface area contributed by atoms with Gasteiger partial charge in [0, 0.05) is 0 Å². The van der Waals surface area contributed by atoms with Gasteiger partial charge in [0.2, 0.25) is 10.0 Å². The Balaban J connectivity index is 3.24. The zero-order valence-electron chi connectivity index (χ0n) is 11.7. The van der Waals surface area contributed by atoms with Gasteiger partial charge in [-0.1, -0.05) is 32.4 Å². The minimum absolute atomic E-state index is 0.139. The molecule has 1 rings (SSSR count). The van der Waals surface area contributed by atoms with Crippen LogP contribution in [0.5, 0.6) is 0 Å². The quantitative estimate of drug-likeness (QED) is 0.877. The maximum absolute atomic E-state index is 12.3. The van der Waals surface area contributed by atoms with Crippen molar-refractivity contribution in [3.8, 4) is 6.07 Å². The molecule has 0 fully saturated rings. The van der Waals surface area contributed by atoms with Crippen molar-refractivity contribution in [3.05, 3.63) is 28.8 Å². The van der Waals surface area contributed by atoms with Crippen LogP contribution in [0.1, 0.15) is 26.3 Å². The largest absolute Gasteiger partial charge is 0.480 e. The molecule has 0 heterocycles. The molecule has 0 radical (unpaired) electrons. The first-order chi connectivity index (χ1) is 9.49. The fourth-order valence-corrected chi connectivity index (χ4v) is 3.54. The van der Waals surface area contributed by atoms with Crippen molar-refractivity contribution in [1.82, 2.24) is 4.72 Å². The molecule has 114 valence electrons. The number of nitrogens with one attached hydrogen (secondary N) is 1. The van der Waals surface area contributed by atoms with E-state index in [-0.39, 0.29) is 15.5 Å². The predicted octanol–water partition coefficient (Wildman–Crippen LogP) is 1.99. The number of carboxylic acid groups (broad SMARTS) is 1. The second kappa shape index (κ2) is 6.02. The van der Waals surface area contributed by atoms with Gasteiger partial charge in [-0.3, -0.25) is 4.79 Å². The fraction of sp³-hybridized carbons (Fsp3) is 0.385. The molecule has 0 unspecified atom stereocenters. The average Bonchev–Trinajstić information content (AvgIpc) is 2.33. The highest BCUT2D eigenvalue weighted by Gasteiger charge is 2.35. The lowest BCUT2D eigenvalue weighted by molar-refractivity contribution is -0.141. The van der Waals surface area contributed by atoms with Crippen molar-refractivity contribution in [2.75, 3.05) is 0 Å². The molecule has 0 aromatic heterocycles. The Morgan fingerprint density at radius 3 is 2.38 bits per heavy atom. The molecule has 0 saturated carbocycles. The Kier molecular flexibility index (Phi) is 4.99. The normalized spacial score (nSPS) is 13.5. The van der Waals surface area contributed by atoms with Gasteiger partial charge in [-0.2, -0.15) is 9.98 Å². The van der Waals surface area contributed by atoms with Crippen LogP contribution in [0.4, 0.5) is 0 Å². The van der Waals surface area contributed by atoms with Gasteiger partial charge in [0.05, 0.1) is 16.7 Å². The van der Waals surface area contributed by atoms with Crippen LogP contribution in [-0.2, 0) is 14.8 Å². The molecule has 6 nitrogen and oxygen atoms in total. The lowest BCUT2D eigenvalue weighted by Gasteiger charge is -2.27. The van der Waals surface area contributed by atoms with E-state index in [0.29, 0.717) is 0 Å². The molecule has 1 aromatic rings. The number of hydrogen-bond acceptors (Lipinski definition) is 4. The van der Waals surface area contributed by atoms with Gasteiger partial charge in [0.25, 0.3) is 0 Å². The van der Waals surface area contributed by atoms with Crippen LogP contribution in [0.3, 0.4) is 0 Å². The van der Waals surface area contributed by atoms with Crippen LogP contribution in [0.15, 0.2) is 23.1 Å². The fourth-order valence-electron chi connectivity index (χ4n) is 1.60. The summed E-state index contributed by atoms with van der Waals surface area (Å²) < 4.78 is 26.7. The number of sulfonamides is 1. The first-order valence-corrected chi connectivity index (χ1v) is 7.80. The van der Waals surface area contributed by atoms with Crippen molar-refractivity contribution in [2.24, 2.45) is 5.41 Å². The topological polar surface area (TPSA) is 107 Å². The van der Waals surface area contributed by atoms with E-state index in [4.69, 9.17) is 22.0 Å². The van der Waals surface area contributed by atoms with Crippen molar-refractivity contribution >= 4 is 27.6 Å². The third-order valence-corrected chi connectivity index (χ3v) is 4.64. The number of rotatable bonds is 4. The number of halogens is 1. The summed E-state index contributed by atoms with van der Waals surface area (Å²) in [6, 6.07) is 4.21. The number of nitrogens with zero attached hydrogens (tertiary/aromatic N) is 1. The number of aliphatic carboxylic acids is 1. The van der Waals surface area contributed by atoms with Crippen molar-refractivity contribution in [1.29, 1.82) is 5.26 Å². The van der Waals surface area contributed by atoms with E-state index in [1.54, 1.807) is 20.8 Å². The summed E-state index contributed by atoms with van der Waals surface area (Å²) in [7, 11) is -4.12. The molecule has 8 heteroatoms. The van der Waals surface area contributed by atoms with E-state index in [2.05, 4.69) is 4.72 Å². The molecule has 1 atom stereocenters. The maximum Gasteiger partial charge on any atom is 0.322 e. The summed E-state index contributed by atoms with van der Waals surface area (Å²) in [5, 5.41) is 17.8. The van der Waals surface area contributed by atoms with Gasteiger partial charge in [-0.15, -0.1) is 0 Å². The zero-order chi connectivity index (χ0) is 16.4. The molecule has 2 N–H and O–H groups in total. The smallest absolute Gasteiger partial charge is 0.322 e. The molecule has 1 aromatic carbocycles. The first-order valence-electron chi connectivity index (χ1n) is 5.94. The highest BCUT2D eigenvalue weighted by atomic mass is 35.5. The maximum atomic E-state index is 12.3. The summed E-state index contributed by atoms with van der Waals surface area (Å²) in [5.74, 6) is -1.28. The predicted molar refractivity (Wildman–Crippen MR) is 77.4 cm³/mol. The van der Waals surface area contributed by atoms with Crippen LogP contribution in [0.2, 0.25) is 5.02 Å². The molecule has 0 amide bonds. The van der Waals surface area contributed by atoms with Crippen molar-refractivity contribution in [2.45, 2.75) is 31.7 Å². The number of hydrogen-bond donors (Lipinski definition) is 2. The Hall–Kier alpha value is -1.62. The SMILES string of the molecule is CC(C)(C)[C@@H](NS(=O)(=O)c1ccc(C#N)cc1Cl)C(=O)O. The molecule has 0 saturated heterocycles. The van der Waals surface area contributed by atoms with Gasteiger partial charge in [0.1, 0.15) is 10.9 Å². The van der Waals surface area contributed by atoms with E-state index in [0.717, 1.165) is 0 Å². The molecular formula is C13H15ClN2O4S. The van der Waals surface area contributed by atoms with Crippen LogP contribution in [0, 0.1) is 16.7 Å². The highest BCUT2D eigenvalue weighted by Crippen LogP contribution is 2.26. The zero-order valence-corrected chi connectivity index (χ0v) is 13.3. The second-order valence-electron chi connectivity index (χ2n) is 5.52. The number of carbonyl (C=O) groups is 1. The Labute approximate surface area is 128 Å². The number of carboxylic acids is 1. The standard InChI is InChI=1S/C13H15ClN2O4S/c1-13(2,3)11(12(17)18)16-21(19,20)10-5-4-8(7-15)6-9(10)14/h4-6,11,16H,1-3H3,(H,17,18)/t11-/m0/s1. The second-order valence-corrected chi connectivity index (χ2v) is 7.61. The number of benzene rings is 1.